The monoisotopic (exact) mass is 537 g/mol. The highest BCUT2D eigenvalue weighted by Gasteiger charge is 2.43. The lowest BCUT2D eigenvalue weighted by Crippen LogP contribution is -2.29. The molecule has 4 aromatic rings. The second-order valence-electron chi connectivity index (χ2n) is 8.15. The molecule has 1 atom stereocenters. The fraction of sp³-hybridized carbons (Fsp3) is 0.185. The van der Waals surface area contributed by atoms with Gasteiger partial charge in [-0.3, -0.25) is 14.5 Å². The molecule has 7 heteroatoms. The molecule has 0 radical (unpaired) electrons. The van der Waals surface area contributed by atoms with Crippen LogP contribution in [-0.4, -0.2) is 12.5 Å². The van der Waals surface area contributed by atoms with Crippen LogP contribution >= 0.6 is 27.5 Å². The average molecular weight is 539 g/mol. The van der Waals surface area contributed by atoms with Crippen LogP contribution in [0, 0.1) is 0 Å². The highest BCUT2D eigenvalue weighted by Crippen LogP contribution is 2.42. The third kappa shape index (κ3) is 4.01. The van der Waals surface area contributed by atoms with Crippen LogP contribution in [0.15, 0.2) is 80.4 Å². The maximum atomic E-state index is 13.7. The van der Waals surface area contributed by atoms with E-state index in [-0.39, 0.29) is 17.1 Å². The summed E-state index contributed by atoms with van der Waals surface area (Å²) < 4.78 is 12.7. The number of halogens is 2. The van der Waals surface area contributed by atoms with E-state index >= 15 is 0 Å². The normalized spacial score (nSPS) is 15.1. The highest BCUT2D eigenvalue weighted by molar-refractivity contribution is 9.10. The molecule has 0 saturated heterocycles. The Balaban J connectivity index is 1.72. The van der Waals surface area contributed by atoms with Crippen molar-refractivity contribution in [3.05, 3.63) is 103 Å². The zero-order valence-corrected chi connectivity index (χ0v) is 20.7. The van der Waals surface area contributed by atoms with Crippen molar-refractivity contribution < 1.29 is 13.9 Å². The van der Waals surface area contributed by atoms with Crippen LogP contribution in [0.5, 0.6) is 5.75 Å². The smallest absolute Gasteiger partial charge is 0.295 e. The number of unbranched alkanes of at least 4 members (excludes halogenated alkanes) is 1. The first kappa shape index (κ1) is 22.7. The number of fused-ring (bicyclic) bond motifs is 2. The molecule has 1 aromatic heterocycles. The number of amides is 1. The Hall–Kier alpha value is -3.09. The molecule has 5 nitrogen and oxygen atoms in total. The number of rotatable bonds is 6. The lowest BCUT2D eigenvalue weighted by molar-refractivity contribution is 0.0971. The van der Waals surface area contributed by atoms with Gasteiger partial charge >= 0.3 is 0 Å². The van der Waals surface area contributed by atoms with Crippen molar-refractivity contribution in [2.45, 2.75) is 25.8 Å². The lowest BCUT2D eigenvalue weighted by atomic mass is 9.98. The van der Waals surface area contributed by atoms with Crippen molar-refractivity contribution in [2.75, 3.05) is 11.5 Å². The van der Waals surface area contributed by atoms with Gasteiger partial charge in [-0.05, 0) is 60.5 Å². The van der Waals surface area contributed by atoms with Gasteiger partial charge in [0.1, 0.15) is 11.3 Å². The van der Waals surface area contributed by atoms with Gasteiger partial charge in [-0.15, -0.1) is 0 Å². The molecule has 3 aromatic carbocycles. The minimum Gasteiger partial charge on any atom is -0.494 e. The van der Waals surface area contributed by atoms with E-state index in [1.165, 1.54) is 0 Å². The summed E-state index contributed by atoms with van der Waals surface area (Å²) >= 11 is 9.65. The van der Waals surface area contributed by atoms with Gasteiger partial charge in [0.25, 0.3) is 5.91 Å². The first-order valence-corrected chi connectivity index (χ1v) is 12.2. The van der Waals surface area contributed by atoms with Gasteiger partial charge in [0.05, 0.1) is 23.6 Å². The summed E-state index contributed by atoms with van der Waals surface area (Å²) in [6.45, 7) is 2.70. The zero-order chi connectivity index (χ0) is 23.8. The summed E-state index contributed by atoms with van der Waals surface area (Å²) in [5.41, 5.74) is 1.76. The van der Waals surface area contributed by atoms with E-state index in [1.54, 1.807) is 23.1 Å². The van der Waals surface area contributed by atoms with Crippen LogP contribution in [-0.2, 0) is 0 Å². The minimum atomic E-state index is -0.675. The summed E-state index contributed by atoms with van der Waals surface area (Å²) in [4.78, 5) is 29.0. The van der Waals surface area contributed by atoms with E-state index in [2.05, 4.69) is 22.9 Å². The first-order valence-electron chi connectivity index (χ1n) is 11.1. The summed E-state index contributed by atoms with van der Waals surface area (Å²) in [6, 6.07) is 19.1. The fourth-order valence-corrected chi connectivity index (χ4v) is 4.82. The third-order valence-electron chi connectivity index (χ3n) is 5.86. The molecule has 1 amide bonds. The lowest BCUT2D eigenvalue weighted by Gasteiger charge is -2.25. The van der Waals surface area contributed by atoms with Crippen LogP contribution in [0.25, 0.3) is 11.0 Å². The largest absolute Gasteiger partial charge is 0.494 e. The van der Waals surface area contributed by atoms with Gasteiger partial charge in [-0.25, -0.2) is 0 Å². The van der Waals surface area contributed by atoms with Crippen LogP contribution < -0.4 is 15.1 Å². The Labute approximate surface area is 210 Å². The molecule has 1 aliphatic heterocycles. The van der Waals surface area contributed by atoms with Crippen molar-refractivity contribution in [3.8, 4) is 5.75 Å². The van der Waals surface area contributed by atoms with Crippen molar-refractivity contribution >= 4 is 50.1 Å². The molecule has 2 heterocycles. The number of carbonyl (C=O) groups is 1. The van der Waals surface area contributed by atoms with E-state index in [1.807, 2.05) is 48.5 Å². The average Bonchev–Trinajstić information content (AvgIpc) is 3.12. The molecule has 0 aliphatic carbocycles. The van der Waals surface area contributed by atoms with Gasteiger partial charge < -0.3 is 9.15 Å². The van der Waals surface area contributed by atoms with E-state index in [9.17, 15) is 9.59 Å². The Morgan fingerprint density at radius 2 is 1.88 bits per heavy atom. The van der Waals surface area contributed by atoms with E-state index < -0.39 is 6.04 Å². The summed E-state index contributed by atoms with van der Waals surface area (Å²) in [7, 11) is 0. The van der Waals surface area contributed by atoms with Crippen LogP contribution in [0.1, 0.15) is 47.5 Å². The number of hydrogen-bond acceptors (Lipinski definition) is 4. The molecule has 1 aliphatic rings. The van der Waals surface area contributed by atoms with Crippen molar-refractivity contribution in [2.24, 2.45) is 0 Å². The summed E-state index contributed by atoms with van der Waals surface area (Å²) in [5, 5.41) is 0.770. The number of nitrogens with zero attached hydrogens (tertiary/aromatic N) is 1. The van der Waals surface area contributed by atoms with Gasteiger partial charge in [0, 0.05) is 15.2 Å². The number of ether oxygens (including phenoxy) is 1. The summed E-state index contributed by atoms with van der Waals surface area (Å²) in [5.74, 6) is 0.362. The van der Waals surface area contributed by atoms with Crippen LogP contribution in [0.2, 0.25) is 5.02 Å². The maximum Gasteiger partial charge on any atom is 0.295 e. The van der Waals surface area contributed by atoms with Gasteiger partial charge in [-0.2, -0.15) is 0 Å². The second kappa shape index (κ2) is 9.28. The SMILES string of the molecule is CCCCOc1cccc(C2c3c(oc4ccc(Cl)cc4c3=O)C(=O)N2c2cccc(Br)c2)c1. The minimum absolute atomic E-state index is 0.0436. The molecule has 1 unspecified atom stereocenters. The fourth-order valence-electron chi connectivity index (χ4n) is 4.26. The quantitative estimate of drug-likeness (QED) is 0.245. The first-order chi connectivity index (χ1) is 16.5. The highest BCUT2D eigenvalue weighted by atomic mass is 79.9. The number of hydrogen-bond donors (Lipinski definition) is 0. The molecule has 0 spiro atoms. The topological polar surface area (TPSA) is 59.8 Å². The Bertz CT molecular complexity index is 1460. The van der Waals surface area contributed by atoms with Crippen molar-refractivity contribution in [3.63, 3.8) is 0 Å². The standard InChI is InChI=1S/C27H21BrClNO4/c1-2-3-12-33-20-9-4-6-16(13-20)24-23-25(31)21-15-18(29)10-11-22(21)34-26(23)27(32)30(24)19-8-5-7-17(28)14-19/h4-11,13-15,24H,2-3,12H2,1H3. The molecule has 5 rings (SSSR count). The number of benzene rings is 3. The molecule has 0 fully saturated rings. The van der Waals surface area contributed by atoms with Gasteiger partial charge in [-0.1, -0.05) is 59.1 Å². The predicted octanol–water partition coefficient (Wildman–Crippen LogP) is 7.14. The van der Waals surface area contributed by atoms with Crippen molar-refractivity contribution in [1.82, 2.24) is 0 Å². The molecule has 0 N–H and O–H groups in total. The molecule has 34 heavy (non-hydrogen) atoms. The van der Waals surface area contributed by atoms with E-state index in [0.717, 1.165) is 22.9 Å². The Morgan fingerprint density at radius 1 is 1.06 bits per heavy atom. The third-order valence-corrected chi connectivity index (χ3v) is 6.59. The summed E-state index contributed by atoms with van der Waals surface area (Å²) in [6.07, 6.45) is 1.97. The van der Waals surface area contributed by atoms with E-state index in [0.29, 0.717) is 39.6 Å². The van der Waals surface area contributed by atoms with Gasteiger partial charge in [0.15, 0.2) is 5.43 Å². The molecular formula is C27H21BrClNO4. The predicted molar refractivity (Wildman–Crippen MR) is 137 cm³/mol. The Kier molecular flexibility index (Phi) is 6.19. The molecule has 172 valence electrons. The van der Waals surface area contributed by atoms with Gasteiger partial charge in [0.2, 0.25) is 5.76 Å². The Morgan fingerprint density at radius 3 is 2.68 bits per heavy atom. The second-order valence-corrected chi connectivity index (χ2v) is 9.50. The zero-order valence-electron chi connectivity index (χ0n) is 18.4. The van der Waals surface area contributed by atoms with Crippen molar-refractivity contribution in [1.29, 1.82) is 0 Å². The van der Waals surface area contributed by atoms with Crippen LogP contribution in [0.3, 0.4) is 0 Å². The number of carbonyl (C=O) groups excluding carboxylic acids is 1. The molecular weight excluding hydrogens is 518 g/mol. The molecule has 0 bridgehead atoms. The molecule has 0 saturated carbocycles. The van der Waals surface area contributed by atoms with E-state index in [4.69, 9.17) is 20.8 Å². The van der Waals surface area contributed by atoms with Crippen LogP contribution in [0.4, 0.5) is 5.69 Å². The number of anilines is 1. The maximum absolute atomic E-state index is 13.7.